The van der Waals surface area contributed by atoms with E-state index in [-0.39, 0.29) is 6.54 Å². The minimum atomic E-state index is -0.832. The number of ether oxygens (including phenoxy) is 1. The number of nitrogens with zero attached hydrogens (tertiary/aromatic N) is 3. The number of aromatic nitrogens is 2. The van der Waals surface area contributed by atoms with Crippen LogP contribution in [0.15, 0.2) is 12.5 Å². The van der Waals surface area contributed by atoms with Crippen molar-refractivity contribution in [3.63, 3.8) is 0 Å². The maximum absolute atomic E-state index is 10.8. The summed E-state index contributed by atoms with van der Waals surface area (Å²) in [5.41, 5.74) is 1.02. The molecule has 6 heteroatoms. The molecule has 0 atom stereocenters. The monoisotopic (exact) mass is 255 g/mol. The normalized spacial score (nSPS) is 11.4. The molecule has 6 nitrogen and oxygen atoms in total. The Morgan fingerprint density at radius 3 is 2.89 bits per heavy atom. The van der Waals surface area contributed by atoms with Gasteiger partial charge < -0.3 is 14.4 Å². The number of carbonyl (C=O) groups is 1. The van der Waals surface area contributed by atoms with Gasteiger partial charge >= 0.3 is 5.97 Å². The molecule has 0 saturated heterocycles. The Morgan fingerprint density at radius 2 is 2.33 bits per heavy atom. The molecule has 0 fully saturated rings. The quantitative estimate of drug-likeness (QED) is 0.750. The summed E-state index contributed by atoms with van der Waals surface area (Å²) in [6.45, 7) is 5.82. The van der Waals surface area contributed by atoms with E-state index in [1.54, 1.807) is 19.6 Å². The second-order valence-electron chi connectivity index (χ2n) is 4.48. The van der Waals surface area contributed by atoms with Gasteiger partial charge in [-0.2, -0.15) is 0 Å². The van der Waals surface area contributed by atoms with Crippen LogP contribution in [0.4, 0.5) is 0 Å². The van der Waals surface area contributed by atoms with Gasteiger partial charge in [0.05, 0.1) is 25.2 Å². The van der Waals surface area contributed by atoms with Crippen LogP contribution < -0.4 is 0 Å². The number of hydrogen-bond donors (Lipinski definition) is 1. The molecular weight excluding hydrogens is 234 g/mol. The highest BCUT2D eigenvalue weighted by molar-refractivity contribution is 5.69. The number of aliphatic carboxylic acids is 1. The van der Waals surface area contributed by atoms with E-state index in [4.69, 9.17) is 9.84 Å². The lowest BCUT2D eigenvalue weighted by molar-refractivity contribution is -0.138. The van der Waals surface area contributed by atoms with Crippen LogP contribution in [0, 0.1) is 0 Å². The molecule has 18 heavy (non-hydrogen) atoms. The molecule has 0 saturated carbocycles. The van der Waals surface area contributed by atoms with Crippen molar-refractivity contribution < 1.29 is 14.6 Å². The summed E-state index contributed by atoms with van der Waals surface area (Å²) < 4.78 is 7.04. The number of rotatable bonds is 8. The molecule has 1 aromatic heterocycles. The predicted molar refractivity (Wildman–Crippen MR) is 67.4 cm³/mol. The van der Waals surface area contributed by atoms with Crippen LogP contribution in [0.25, 0.3) is 0 Å². The van der Waals surface area contributed by atoms with E-state index in [1.807, 2.05) is 9.47 Å². The average Bonchev–Trinajstić information content (AvgIpc) is 2.73. The lowest BCUT2D eigenvalue weighted by Crippen LogP contribution is -2.33. The van der Waals surface area contributed by atoms with E-state index in [0.29, 0.717) is 25.7 Å². The van der Waals surface area contributed by atoms with Crippen molar-refractivity contribution in [3.8, 4) is 0 Å². The second kappa shape index (κ2) is 7.13. The van der Waals surface area contributed by atoms with E-state index < -0.39 is 5.97 Å². The van der Waals surface area contributed by atoms with E-state index in [0.717, 1.165) is 5.69 Å². The summed E-state index contributed by atoms with van der Waals surface area (Å²) in [7, 11) is 1.61. The van der Waals surface area contributed by atoms with Crippen LogP contribution in [0.5, 0.6) is 0 Å². The lowest BCUT2D eigenvalue weighted by atomic mass is 10.3. The van der Waals surface area contributed by atoms with Gasteiger partial charge in [0.2, 0.25) is 0 Å². The molecule has 1 aromatic rings. The minimum Gasteiger partial charge on any atom is -0.480 e. The number of carboxylic acids is 1. The maximum atomic E-state index is 10.8. The fourth-order valence-electron chi connectivity index (χ4n) is 1.77. The van der Waals surface area contributed by atoms with Crippen molar-refractivity contribution in [2.75, 3.05) is 26.8 Å². The first-order valence-corrected chi connectivity index (χ1v) is 5.98. The van der Waals surface area contributed by atoms with Crippen LogP contribution in [0.2, 0.25) is 0 Å². The molecule has 0 aliphatic rings. The fraction of sp³-hybridized carbons (Fsp3) is 0.667. The zero-order valence-corrected chi connectivity index (χ0v) is 11.2. The predicted octanol–water partition coefficient (Wildman–Crippen LogP) is 0.997. The van der Waals surface area contributed by atoms with Gasteiger partial charge in [-0.05, 0) is 13.8 Å². The van der Waals surface area contributed by atoms with Crippen molar-refractivity contribution in [1.29, 1.82) is 0 Å². The molecule has 1 rings (SSSR count). The third-order valence-corrected chi connectivity index (χ3v) is 2.66. The molecule has 1 N–H and O–H groups in total. The zero-order valence-electron chi connectivity index (χ0n) is 11.2. The van der Waals surface area contributed by atoms with Gasteiger partial charge in [-0.1, -0.05) is 0 Å². The SMILES string of the molecule is COCCN(CC(=O)O)Cc1cncn1C(C)C. The summed E-state index contributed by atoms with van der Waals surface area (Å²) in [6.07, 6.45) is 3.55. The third kappa shape index (κ3) is 4.46. The largest absolute Gasteiger partial charge is 0.480 e. The van der Waals surface area contributed by atoms with Gasteiger partial charge in [-0.3, -0.25) is 9.69 Å². The molecule has 102 valence electrons. The fourth-order valence-corrected chi connectivity index (χ4v) is 1.77. The van der Waals surface area contributed by atoms with Crippen LogP contribution in [-0.4, -0.2) is 52.3 Å². The van der Waals surface area contributed by atoms with Crippen molar-refractivity contribution in [3.05, 3.63) is 18.2 Å². The molecule has 1 heterocycles. The van der Waals surface area contributed by atoms with Crippen LogP contribution in [0.1, 0.15) is 25.6 Å². The van der Waals surface area contributed by atoms with Crippen molar-refractivity contribution in [1.82, 2.24) is 14.5 Å². The first-order chi connectivity index (χ1) is 8.54. The first kappa shape index (κ1) is 14.7. The van der Waals surface area contributed by atoms with Gasteiger partial charge in [0.1, 0.15) is 0 Å². The molecule has 0 amide bonds. The number of imidazole rings is 1. The molecule has 0 aliphatic heterocycles. The molecule has 0 bridgehead atoms. The molecule has 0 aromatic carbocycles. The Bertz CT molecular complexity index is 376. The van der Waals surface area contributed by atoms with E-state index in [9.17, 15) is 4.79 Å². The molecule has 0 unspecified atom stereocenters. The Balaban J connectivity index is 2.68. The standard InChI is InChI=1S/C12H21N3O3/c1-10(2)15-9-13-6-11(15)7-14(4-5-18-3)8-12(16)17/h6,9-10H,4-5,7-8H2,1-3H3,(H,16,17). The number of hydrogen-bond acceptors (Lipinski definition) is 4. The maximum Gasteiger partial charge on any atom is 0.317 e. The zero-order chi connectivity index (χ0) is 13.5. The van der Waals surface area contributed by atoms with Gasteiger partial charge in [0.25, 0.3) is 0 Å². The highest BCUT2D eigenvalue weighted by Crippen LogP contribution is 2.11. The molecular formula is C12H21N3O3. The van der Waals surface area contributed by atoms with E-state index >= 15 is 0 Å². The lowest BCUT2D eigenvalue weighted by Gasteiger charge is -2.21. The van der Waals surface area contributed by atoms with Crippen LogP contribution >= 0.6 is 0 Å². The Morgan fingerprint density at radius 1 is 1.61 bits per heavy atom. The topological polar surface area (TPSA) is 67.6 Å². The Kier molecular flexibility index (Phi) is 5.80. The van der Waals surface area contributed by atoms with E-state index in [2.05, 4.69) is 18.8 Å². The van der Waals surface area contributed by atoms with Gasteiger partial charge in [0, 0.05) is 32.4 Å². The van der Waals surface area contributed by atoms with Crippen molar-refractivity contribution >= 4 is 5.97 Å². The second-order valence-corrected chi connectivity index (χ2v) is 4.48. The highest BCUT2D eigenvalue weighted by atomic mass is 16.5. The highest BCUT2D eigenvalue weighted by Gasteiger charge is 2.13. The van der Waals surface area contributed by atoms with Crippen molar-refractivity contribution in [2.45, 2.75) is 26.4 Å². The minimum absolute atomic E-state index is 0.00658. The summed E-state index contributed by atoms with van der Waals surface area (Å²) in [5.74, 6) is -0.832. The number of carboxylic acid groups (broad SMARTS) is 1. The van der Waals surface area contributed by atoms with Crippen molar-refractivity contribution in [2.24, 2.45) is 0 Å². The van der Waals surface area contributed by atoms with Gasteiger partial charge in [-0.15, -0.1) is 0 Å². The summed E-state index contributed by atoms with van der Waals surface area (Å²) >= 11 is 0. The number of methoxy groups -OCH3 is 1. The summed E-state index contributed by atoms with van der Waals surface area (Å²) in [4.78, 5) is 16.8. The molecule has 0 spiro atoms. The molecule has 0 aliphatic carbocycles. The molecule has 0 radical (unpaired) electrons. The Hall–Kier alpha value is -1.40. The Labute approximate surface area is 107 Å². The van der Waals surface area contributed by atoms with Crippen LogP contribution in [-0.2, 0) is 16.1 Å². The third-order valence-electron chi connectivity index (χ3n) is 2.66. The first-order valence-electron chi connectivity index (χ1n) is 5.98. The van der Waals surface area contributed by atoms with Gasteiger partial charge in [0.15, 0.2) is 0 Å². The summed E-state index contributed by atoms with van der Waals surface area (Å²) in [6, 6.07) is 0.316. The van der Waals surface area contributed by atoms with E-state index in [1.165, 1.54) is 0 Å². The van der Waals surface area contributed by atoms with Crippen LogP contribution in [0.3, 0.4) is 0 Å². The smallest absolute Gasteiger partial charge is 0.317 e. The average molecular weight is 255 g/mol. The van der Waals surface area contributed by atoms with Gasteiger partial charge in [-0.25, -0.2) is 4.98 Å². The summed E-state index contributed by atoms with van der Waals surface area (Å²) in [5, 5.41) is 8.89.